The second-order valence-electron chi connectivity index (χ2n) is 7.69. The highest BCUT2D eigenvalue weighted by molar-refractivity contribution is 5.68. The average Bonchev–Trinajstić information content (AvgIpc) is 2.88. The molecule has 2 N–H and O–H groups in total. The zero-order chi connectivity index (χ0) is 16.9. The molecule has 128 valence electrons. The molecule has 4 rings (SSSR count). The first-order valence-corrected chi connectivity index (χ1v) is 8.84. The van der Waals surface area contributed by atoms with Gasteiger partial charge in [-0.05, 0) is 61.3 Å². The second kappa shape index (κ2) is 5.62. The van der Waals surface area contributed by atoms with Gasteiger partial charge in [-0.15, -0.1) is 0 Å². The molecule has 0 amide bonds. The molecule has 1 aromatic carbocycles. The summed E-state index contributed by atoms with van der Waals surface area (Å²) in [5, 5.41) is 19.2. The molecular weight excluding hydrogens is 304 g/mol. The summed E-state index contributed by atoms with van der Waals surface area (Å²) in [6.07, 6.45) is 7.21. The molecule has 0 radical (unpaired) electrons. The van der Waals surface area contributed by atoms with Gasteiger partial charge in [-0.25, -0.2) is 4.79 Å². The van der Waals surface area contributed by atoms with Gasteiger partial charge in [0.05, 0.1) is 6.10 Å². The lowest BCUT2D eigenvalue weighted by Gasteiger charge is -2.46. The molecule has 0 spiro atoms. The van der Waals surface area contributed by atoms with Crippen molar-refractivity contribution in [1.29, 1.82) is 0 Å². The molecule has 4 atom stereocenters. The highest BCUT2D eigenvalue weighted by Gasteiger charge is 2.51. The number of benzene rings is 1. The minimum absolute atomic E-state index is 0.0460. The molecule has 0 heterocycles. The molecule has 24 heavy (non-hydrogen) atoms. The maximum Gasteiger partial charge on any atom is 0.341 e. The Bertz CT molecular complexity index is 708. The Balaban J connectivity index is 1.61. The number of rotatable bonds is 3. The third kappa shape index (κ3) is 2.35. The number of allylic oxidation sites excluding steroid dienone is 2. The number of aliphatic hydroxyl groups is 1. The number of ether oxygens (including phenoxy) is 1. The molecule has 0 aromatic heterocycles. The van der Waals surface area contributed by atoms with Gasteiger partial charge in [-0.3, -0.25) is 0 Å². The fraction of sp³-hybridized carbons (Fsp3) is 0.550. The summed E-state index contributed by atoms with van der Waals surface area (Å²) < 4.78 is 5.32. The topological polar surface area (TPSA) is 66.8 Å². The van der Waals surface area contributed by atoms with Crippen molar-refractivity contribution in [3.8, 4) is 5.75 Å². The number of carboxylic acid groups (broad SMARTS) is 1. The van der Waals surface area contributed by atoms with Crippen LogP contribution in [0.25, 0.3) is 0 Å². The molecule has 0 aliphatic heterocycles. The van der Waals surface area contributed by atoms with Crippen LogP contribution in [0.3, 0.4) is 0 Å². The van der Waals surface area contributed by atoms with Crippen LogP contribution in [0.4, 0.5) is 0 Å². The van der Waals surface area contributed by atoms with Gasteiger partial charge in [0.25, 0.3) is 0 Å². The Hall–Kier alpha value is -1.81. The van der Waals surface area contributed by atoms with Crippen LogP contribution in [0, 0.1) is 11.3 Å². The third-order valence-corrected chi connectivity index (χ3v) is 6.47. The largest absolute Gasteiger partial charge is 0.482 e. The van der Waals surface area contributed by atoms with Gasteiger partial charge in [0.15, 0.2) is 6.61 Å². The van der Waals surface area contributed by atoms with Crippen molar-refractivity contribution in [1.82, 2.24) is 0 Å². The highest BCUT2D eigenvalue weighted by atomic mass is 16.5. The summed E-state index contributed by atoms with van der Waals surface area (Å²) in [6, 6.07) is 5.99. The molecule has 2 fully saturated rings. The van der Waals surface area contributed by atoms with E-state index in [-0.39, 0.29) is 18.1 Å². The van der Waals surface area contributed by atoms with Crippen molar-refractivity contribution < 1.29 is 19.7 Å². The summed E-state index contributed by atoms with van der Waals surface area (Å²) >= 11 is 0. The Morgan fingerprint density at radius 1 is 1.33 bits per heavy atom. The quantitative estimate of drug-likeness (QED) is 0.836. The van der Waals surface area contributed by atoms with Gasteiger partial charge >= 0.3 is 5.97 Å². The van der Waals surface area contributed by atoms with E-state index in [2.05, 4.69) is 19.1 Å². The van der Waals surface area contributed by atoms with E-state index in [1.807, 2.05) is 12.1 Å². The predicted molar refractivity (Wildman–Crippen MR) is 90.2 cm³/mol. The number of carbonyl (C=O) groups is 1. The molecule has 1 aromatic rings. The Labute approximate surface area is 142 Å². The normalized spacial score (nSPS) is 33.9. The standard InChI is InChI=1S/C20H24O4/c1-20-9-8-15-14-5-3-13(24-11-19(22)23)10-12(14)2-4-16(15)17(20)6-7-18(20)21/h3-5,10,15,17-18,21H,2,6-9,11H2,1H3,(H,22,23)/t15-,17+,18-,20+/m1/s1. The van der Waals surface area contributed by atoms with Crippen molar-refractivity contribution >= 4 is 5.97 Å². The summed E-state index contributed by atoms with van der Waals surface area (Å²) in [4.78, 5) is 10.7. The minimum Gasteiger partial charge on any atom is -0.482 e. The summed E-state index contributed by atoms with van der Waals surface area (Å²) in [6.45, 7) is 1.95. The molecule has 0 bridgehead atoms. The van der Waals surface area contributed by atoms with Crippen LogP contribution >= 0.6 is 0 Å². The Morgan fingerprint density at radius 2 is 2.17 bits per heavy atom. The lowest BCUT2D eigenvalue weighted by Crippen LogP contribution is -2.39. The molecule has 3 aliphatic carbocycles. The van der Waals surface area contributed by atoms with Crippen LogP contribution < -0.4 is 4.74 Å². The number of aliphatic carboxylic acids is 1. The molecule has 0 unspecified atom stereocenters. The van der Waals surface area contributed by atoms with Crippen molar-refractivity contribution in [3.63, 3.8) is 0 Å². The van der Waals surface area contributed by atoms with Crippen molar-refractivity contribution in [3.05, 3.63) is 41.0 Å². The van der Waals surface area contributed by atoms with E-state index in [9.17, 15) is 9.90 Å². The fourth-order valence-electron chi connectivity index (χ4n) is 5.15. The van der Waals surface area contributed by atoms with Crippen molar-refractivity contribution in [2.75, 3.05) is 6.61 Å². The van der Waals surface area contributed by atoms with Gasteiger partial charge in [0, 0.05) is 11.3 Å². The van der Waals surface area contributed by atoms with Crippen LogP contribution in [-0.4, -0.2) is 28.9 Å². The lowest BCUT2D eigenvalue weighted by atomic mass is 9.59. The predicted octanol–water partition coefficient (Wildman–Crippen LogP) is 3.29. The van der Waals surface area contributed by atoms with Crippen LogP contribution in [0.5, 0.6) is 5.75 Å². The Morgan fingerprint density at radius 3 is 2.96 bits per heavy atom. The first-order valence-electron chi connectivity index (χ1n) is 8.84. The van der Waals surface area contributed by atoms with Crippen LogP contribution in [0.2, 0.25) is 0 Å². The van der Waals surface area contributed by atoms with Gasteiger partial charge in [-0.1, -0.05) is 24.6 Å². The zero-order valence-corrected chi connectivity index (χ0v) is 14.0. The molecule has 0 saturated heterocycles. The smallest absolute Gasteiger partial charge is 0.341 e. The summed E-state index contributed by atoms with van der Waals surface area (Å²) in [5.74, 6) is 0.624. The fourth-order valence-corrected chi connectivity index (χ4v) is 5.15. The average molecular weight is 328 g/mol. The van der Waals surface area contributed by atoms with E-state index < -0.39 is 5.97 Å². The first kappa shape index (κ1) is 15.7. The number of hydrogen-bond donors (Lipinski definition) is 2. The maximum absolute atomic E-state index is 10.7. The minimum atomic E-state index is -0.957. The van der Waals surface area contributed by atoms with E-state index in [1.54, 1.807) is 0 Å². The van der Waals surface area contributed by atoms with Crippen molar-refractivity contribution in [2.45, 2.75) is 51.0 Å². The number of hydrogen-bond acceptors (Lipinski definition) is 3. The highest BCUT2D eigenvalue weighted by Crippen LogP contribution is 2.59. The van der Waals surface area contributed by atoms with Crippen LogP contribution in [0.15, 0.2) is 29.8 Å². The molecule has 4 heteroatoms. The van der Waals surface area contributed by atoms with Gasteiger partial charge in [0.2, 0.25) is 0 Å². The SMILES string of the molecule is C[C@]12CC[C@H]3C(=CCc4cc(OCC(=O)O)ccc43)[C@@H]1CC[C@H]2O. The monoisotopic (exact) mass is 328 g/mol. The third-order valence-electron chi connectivity index (χ3n) is 6.47. The van der Waals surface area contributed by atoms with Crippen LogP contribution in [-0.2, 0) is 11.2 Å². The number of carboxylic acids is 1. The van der Waals surface area contributed by atoms with Gasteiger partial charge in [0.1, 0.15) is 5.75 Å². The van der Waals surface area contributed by atoms with E-state index in [0.29, 0.717) is 17.6 Å². The van der Waals surface area contributed by atoms with Crippen LogP contribution in [0.1, 0.15) is 49.7 Å². The molecule has 4 nitrogen and oxygen atoms in total. The van der Waals surface area contributed by atoms with E-state index in [4.69, 9.17) is 9.84 Å². The molecule has 2 saturated carbocycles. The van der Waals surface area contributed by atoms with Gasteiger partial charge < -0.3 is 14.9 Å². The first-order chi connectivity index (χ1) is 11.5. The van der Waals surface area contributed by atoms with E-state index >= 15 is 0 Å². The zero-order valence-electron chi connectivity index (χ0n) is 14.0. The maximum atomic E-state index is 10.7. The summed E-state index contributed by atoms with van der Waals surface area (Å²) in [5.41, 5.74) is 4.17. The van der Waals surface area contributed by atoms with Gasteiger partial charge in [-0.2, -0.15) is 0 Å². The van der Waals surface area contributed by atoms with E-state index in [1.165, 1.54) is 16.7 Å². The summed E-state index contributed by atoms with van der Waals surface area (Å²) in [7, 11) is 0. The second-order valence-corrected chi connectivity index (χ2v) is 7.69. The lowest BCUT2D eigenvalue weighted by molar-refractivity contribution is -0.139. The number of aliphatic hydroxyl groups excluding tert-OH is 1. The number of fused-ring (bicyclic) bond motifs is 5. The molecule has 3 aliphatic rings. The van der Waals surface area contributed by atoms with E-state index in [0.717, 1.165) is 32.1 Å². The van der Waals surface area contributed by atoms with Crippen molar-refractivity contribution in [2.24, 2.45) is 11.3 Å². The Kier molecular flexibility index (Phi) is 3.68. The molecular formula is C20H24O4.